The van der Waals surface area contributed by atoms with Gasteiger partial charge in [-0.3, -0.25) is 4.98 Å². The maximum atomic E-state index is 15.2. The summed E-state index contributed by atoms with van der Waals surface area (Å²) in [4.78, 5) is 8.79. The van der Waals surface area contributed by atoms with Gasteiger partial charge in [0.15, 0.2) is 0 Å². The molecule has 1 unspecified atom stereocenters. The summed E-state index contributed by atoms with van der Waals surface area (Å²) in [5.41, 5.74) is 8.85. The molecule has 1 saturated heterocycles. The standard InChI is InChI=1S/C29H32F2N6O3/c1-16-9-17(10-24(32)28(16)38-2)21-5-7-33-14-26(21)35-29-34-13-18-3-4-25(36-37(18)29)27-22(30)11-20(12-23(27)31)40-19-6-8-39-15-19/h3-5,7,11-14,16-17,19,24,28H,6,8-10,15,32H2,1-2H3,(H,34,35)/t16-,17+,19?,24+,28+/m0/s1. The fourth-order valence-electron chi connectivity index (χ4n) is 5.97. The molecule has 0 radical (unpaired) electrons. The van der Waals surface area contributed by atoms with Crippen LogP contribution in [-0.2, 0) is 9.47 Å². The Hall–Kier alpha value is -3.67. The topological polar surface area (TPSA) is 109 Å². The molecular weight excluding hydrogens is 518 g/mol. The number of anilines is 2. The molecule has 1 aromatic carbocycles. The van der Waals surface area contributed by atoms with Crippen molar-refractivity contribution in [1.29, 1.82) is 0 Å². The molecule has 0 amide bonds. The van der Waals surface area contributed by atoms with Gasteiger partial charge in [-0.2, -0.15) is 9.61 Å². The van der Waals surface area contributed by atoms with Crippen molar-refractivity contribution in [2.45, 2.75) is 50.4 Å². The van der Waals surface area contributed by atoms with Crippen molar-refractivity contribution in [3.8, 4) is 17.0 Å². The van der Waals surface area contributed by atoms with Gasteiger partial charge in [-0.25, -0.2) is 13.8 Å². The number of imidazole rings is 1. The highest BCUT2D eigenvalue weighted by molar-refractivity contribution is 5.66. The van der Waals surface area contributed by atoms with E-state index in [1.807, 2.05) is 6.07 Å². The predicted molar refractivity (Wildman–Crippen MR) is 146 cm³/mol. The third kappa shape index (κ3) is 5.12. The Morgan fingerprint density at radius 3 is 2.67 bits per heavy atom. The van der Waals surface area contributed by atoms with Crippen LogP contribution in [0, 0.1) is 17.6 Å². The second-order valence-corrected chi connectivity index (χ2v) is 10.6. The fraction of sp³-hybridized carbons (Fsp3) is 0.414. The summed E-state index contributed by atoms with van der Waals surface area (Å²) in [5, 5.41) is 7.88. The largest absolute Gasteiger partial charge is 0.488 e. The van der Waals surface area contributed by atoms with E-state index >= 15 is 8.78 Å². The van der Waals surface area contributed by atoms with Gasteiger partial charge in [0.05, 0.1) is 54.2 Å². The number of benzene rings is 1. The minimum atomic E-state index is -0.762. The summed E-state index contributed by atoms with van der Waals surface area (Å²) in [6, 6.07) is 7.56. The number of pyridine rings is 1. The lowest BCUT2D eigenvalue weighted by Gasteiger charge is -2.38. The first-order chi connectivity index (χ1) is 19.4. The van der Waals surface area contributed by atoms with Crippen molar-refractivity contribution in [3.63, 3.8) is 0 Å². The molecule has 4 heterocycles. The molecule has 5 atom stereocenters. The molecule has 1 aliphatic heterocycles. The van der Waals surface area contributed by atoms with Gasteiger partial charge in [0.25, 0.3) is 0 Å². The zero-order chi connectivity index (χ0) is 27.8. The molecule has 2 aliphatic rings. The van der Waals surface area contributed by atoms with Crippen LogP contribution >= 0.6 is 0 Å². The van der Waals surface area contributed by atoms with E-state index in [9.17, 15) is 0 Å². The highest BCUT2D eigenvalue weighted by Crippen LogP contribution is 2.40. The fourth-order valence-corrected chi connectivity index (χ4v) is 5.97. The lowest BCUT2D eigenvalue weighted by molar-refractivity contribution is 0.00984. The van der Waals surface area contributed by atoms with Gasteiger partial charge in [0.1, 0.15) is 23.5 Å². The van der Waals surface area contributed by atoms with E-state index < -0.39 is 11.6 Å². The minimum Gasteiger partial charge on any atom is -0.488 e. The molecule has 6 rings (SSSR count). The number of aromatic nitrogens is 4. The van der Waals surface area contributed by atoms with Gasteiger partial charge in [-0.15, -0.1) is 0 Å². The maximum absolute atomic E-state index is 15.2. The Balaban J connectivity index is 1.29. The number of fused-ring (bicyclic) bond motifs is 1. The Morgan fingerprint density at radius 1 is 1.12 bits per heavy atom. The number of nitrogens with zero attached hydrogens (tertiary/aromatic N) is 4. The molecule has 2 fully saturated rings. The first-order valence-corrected chi connectivity index (χ1v) is 13.5. The summed E-state index contributed by atoms with van der Waals surface area (Å²) in [6.45, 7) is 3.13. The quantitative estimate of drug-likeness (QED) is 0.337. The van der Waals surface area contributed by atoms with Crippen LogP contribution in [0.15, 0.2) is 48.9 Å². The number of halogens is 2. The Morgan fingerprint density at radius 2 is 1.95 bits per heavy atom. The molecule has 1 saturated carbocycles. The van der Waals surface area contributed by atoms with Crippen molar-refractivity contribution >= 4 is 17.2 Å². The van der Waals surface area contributed by atoms with E-state index in [4.69, 9.17) is 19.9 Å². The number of nitrogens with one attached hydrogen (secondary N) is 1. The molecule has 3 aromatic heterocycles. The van der Waals surface area contributed by atoms with Crippen LogP contribution in [-0.4, -0.2) is 58.2 Å². The molecule has 40 heavy (non-hydrogen) atoms. The van der Waals surface area contributed by atoms with Crippen molar-refractivity contribution < 1.29 is 23.0 Å². The SMILES string of the molecule is CO[C@H]1[C@H](N)C[C@H](c2ccncc2Nc2ncc3ccc(-c4c(F)cc(OC5CCOC5)cc4F)nn23)C[C@@H]1C. The zero-order valence-electron chi connectivity index (χ0n) is 22.4. The van der Waals surface area contributed by atoms with E-state index in [-0.39, 0.29) is 41.2 Å². The van der Waals surface area contributed by atoms with Crippen LogP contribution in [0.1, 0.15) is 37.7 Å². The Labute approximate surface area is 230 Å². The molecule has 3 N–H and O–H groups in total. The maximum Gasteiger partial charge on any atom is 0.229 e. The van der Waals surface area contributed by atoms with Gasteiger partial charge in [0.2, 0.25) is 5.95 Å². The van der Waals surface area contributed by atoms with Crippen molar-refractivity contribution in [1.82, 2.24) is 19.6 Å². The minimum absolute atomic E-state index is 0.0199. The van der Waals surface area contributed by atoms with Crippen LogP contribution in [0.4, 0.5) is 20.4 Å². The van der Waals surface area contributed by atoms with E-state index in [1.54, 1.807) is 37.8 Å². The van der Waals surface area contributed by atoms with Crippen LogP contribution in [0.2, 0.25) is 0 Å². The second kappa shape index (κ2) is 11.1. The van der Waals surface area contributed by atoms with E-state index in [0.717, 1.165) is 24.1 Å². The molecule has 0 spiro atoms. The number of nitrogens with two attached hydrogens (primary N) is 1. The number of ether oxygens (including phenoxy) is 3. The molecule has 1 aliphatic carbocycles. The normalized spacial score (nSPS) is 24.9. The average molecular weight is 551 g/mol. The number of rotatable bonds is 7. The number of hydrogen-bond donors (Lipinski definition) is 2. The summed E-state index contributed by atoms with van der Waals surface area (Å²) in [7, 11) is 1.71. The Kier molecular flexibility index (Phi) is 7.35. The van der Waals surface area contributed by atoms with Crippen molar-refractivity contribution in [2.75, 3.05) is 25.6 Å². The van der Waals surface area contributed by atoms with Gasteiger partial charge in [-0.1, -0.05) is 6.92 Å². The monoisotopic (exact) mass is 550 g/mol. The Bertz CT molecular complexity index is 1470. The third-order valence-electron chi connectivity index (χ3n) is 7.86. The van der Waals surface area contributed by atoms with Crippen molar-refractivity contribution in [2.24, 2.45) is 11.7 Å². The summed E-state index contributed by atoms with van der Waals surface area (Å²) >= 11 is 0. The molecule has 9 nitrogen and oxygen atoms in total. The van der Waals surface area contributed by atoms with E-state index in [1.165, 1.54) is 16.6 Å². The third-order valence-corrected chi connectivity index (χ3v) is 7.86. The highest BCUT2D eigenvalue weighted by atomic mass is 19.1. The van der Waals surface area contributed by atoms with Crippen LogP contribution in [0.5, 0.6) is 5.75 Å². The van der Waals surface area contributed by atoms with Crippen LogP contribution in [0.3, 0.4) is 0 Å². The van der Waals surface area contributed by atoms with Gasteiger partial charge < -0.3 is 25.3 Å². The first-order valence-electron chi connectivity index (χ1n) is 13.5. The number of methoxy groups -OCH3 is 1. The van der Waals surface area contributed by atoms with Crippen LogP contribution < -0.4 is 15.8 Å². The summed E-state index contributed by atoms with van der Waals surface area (Å²) in [6.07, 6.45) is 7.32. The summed E-state index contributed by atoms with van der Waals surface area (Å²) in [5.74, 6) is -0.501. The molecular formula is C29H32F2N6O3. The highest BCUT2D eigenvalue weighted by Gasteiger charge is 2.35. The number of hydrogen-bond acceptors (Lipinski definition) is 8. The van der Waals surface area contributed by atoms with E-state index in [0.29, 0.717) is 37.0 Å². The summed E-state index contributed by atoms with van der Waals surface area (Å²) < 4.78 is 48.4. The second-order valence-electron chi connectivity index (χ2n) is 10.6. The molecule has 0 bridgehead atoms. The molecule has 11 heteroatoms. The zero-order valence-corrected chi connectivity index (χ0v) is 22.4. The molecule has 210 valence electrons. The van der Waals surface area contributed by atoms with Gasteiger partial charge >= 0.3 is 0 Å². The van der Waals surface area contributed by atoms with Crippen molar-refractivity contribution in [3.05, 3.63) is 66.1 Å². The van der Waals surface area contributed by atoms with Crippen LogP contribution in [0.25, 0.3) is 16.8 Å². The lowest BCUT2D eigenvalue weighted by Crippen LogP contribution is -2.45. The van der Waals surface area contributed by atoms with E-state index in [2.05, 4.69) is 27.3 Å². The van der Waals surface area contributed by atoms with Gasteiger partial charge in [-0.05, 0) is 48.4 Å². The smallest absolute Gasteiger partial charge is 0.229 e. The lowest BCUT2D eigenvalue weighted by atomic mass is 9.74. The predicted octanol–water partition coefficient (Wildman–Crippen LogP) is 4.84. The van der Waals surface area contributed by atoms with Gasteiger partial charge in [0, 0.05) is 37.9 Å². The molecule has 4 aromatic rings. The first kappa shape index (κ1) is 26.5. The average Bonchev–Trinajstić information content (AvgIpc) is 3.58.